The van der Waals surface area contributed by atoms with Crippen LogP contribution in [0.1, 0.15) is 13.3 Å². The number of nitrogens with zero attached hydrogens (tertiary/aromatic N) is 3. The summed E-state index contributed by atoms with van der Waals surface area (Å²) in [5.74, 6) is -1.74. The van der Waals surface area contributed by atoms with Crippen molar-refractivity contribution < 1.29 is 14.7 Å². The minimum atomic E-state index is -0.936. The van der Waals surface area contributed by atoms with Crippen LogP contribution in [0.3, 0.4) is 0 Å². The van der Waals surface area contributed by atoms with Crippen LogP contribution in [0.4, 0.5) is 11.4 Å². The van der Waals surface area contributed by atoms with Gasteiger partial charge in [-0.15, -0.1) is 0 Å². The zero-order chi connectivity index (χ0) is 15.4. The highest BCUT2D eigenvalue weighted by molar-refractivity contribution is 5.99. The van der Waals surface area contributed by atoms with E-state index in [0.29, 0.717) is 12.2 Å². The van der Waals surface area contributed by atoms with Gasteiger partial charge in [-0.25, -0.2) is 0 Å². The van der Waals surface area contributed by atoms with E-state index in [4.69, 9.17) is 10.4 Å². The van der Waals surface area contributed by atoms with Crippen molar-refractivity contribution >= 4 is 23.3 Å². The average Bonchev–Trinajstić information content (AvgIpc) is 2.87. The predicted molar refractivity (Wildman–Crippen MR) is 78.0 cm³/mol. The van der Waals surface area contributed by atoms with E-state index in [9.17, 15) is 9.59 Å². The summed E-state index contributed by atoms with van der Waals surface area (Å²) in [5, 5.41) is 17.8. The normalized spacial score (nSPS) is 17.6. The number of carbonyl (C=O) groups excluding carboxylic acids is 1. The molecule has 6 nitrogen and oxygen atoms in total. The first-order chi connectivity index (χ1) is 10.1. The Kier molecular flexibility index (Phi) is 4.43. The summed E-state index contributed by atoms with van der Waals surface area (Å²) in [5.41, 5.74) is 1.60. The quantitative estimate of drug-likeness (QED) is 0.829. The first kappa shape index (κ1) is 14.9. The molecule has 0 saturated carbocycles. The third-order valence-electron chi connectivity index (χ3n) is 3.64. The maximum Gasteiger partial charge on any atom is 0.308 e. The molecule has 1 heterocycles. The lowest BCUT2D eigenvalue weighted by Crippen LogP contribution is -2.26. The summed E-state index contributed by atoms with van der Waals surface area (Å²) in [4.78, 5) is 26.3. The van der Waals surface area contributed by atoms with Gasteiger partial charge in [0.25, 0.3) is 0 Å². The molecule has 1 saturated heterocycles. The first-order valence-electron chi connectivity index (χ1n) is 6.82. The molecule has 21 heavy (non-hydrogen) atoms. The molecular formula is C15H17N3O3. The van der Waals surface area contributed by atoms with Crippen molar-refractivity contribution in [2.75, 3.05) is 29.4 Å². The van der Waals surface area contributed by atoms with Gasteiger partial charge in [-0.1, -0.05) is 0 Å². The van der Waals surface area contributed by atoms with E-state index < -0.39 is 11.9 Å². The van der Waals surface area contributed by atoms with Crippen LogP contribution in [0.15, 0.2) is 24.3 Å². The maximum absolute atomic E-state index is 11.9. The van der Waals surface area contributed by atoms with Gasteiger partial charge in [-0.2, -0.15) is 5.26 Å². The fourth-order valence-corrected chi connectivity index (χ4v) is 2.44. The molecule has 0 aromatic heterocycles. The third kappa shape index (κ3) is 3.14. The van der Waals surface area contributed by atoms with Crippen LogP contribution in [0.5, 0.6) is 0 Å². The lowest BCUT2D eigenvalue weighted by atomic mass is 10.1. The second kappa shape index (κ2) is 6.27. The van der Waals surface area contributed by atoms with Gasteiger partial charge in [-0.05, 0) is 31.2 Å². The molecule has 1 fully saturated rings. The molecule has 1 amide bonds. The predicted octanol–water partition coefficient (Wildman–Crippen LogP) is 1.47. The van der Waals surface area contributed by atoms with Crippen LogP contribution in [-0.2, 0) is 9.59 Å². The van der Waals surface area contributed by atoms with Crippen LogP contribution in [0.25, 0.3) is 0 Å². The molecule has 6 heteroatoms. The van der Waals surface area contributed by atoms with E-state index in [1.165, 1.54) is 4.90 Å². The molecule has 0 bridgehead atoms. The van der Waals surface area contributed by atoms with Gasteiger partial charge in [0.05, 0.1) is 12.0 Å². The Morgan fingerprint density at radius 2 is 2.14 bits per heavy atom. The third-order valence-corrected chi connectivity index (χ3v) is 3.64. The Balaban J connectivity index is 2.14. The van der Waals surface area contributed by atoms with Crippen molar-refractivity contribution in [2.24, 2.45) is 5.92 Å². The smallest absolute Gasteiger partial charge is 0.308 e. The number of rotatable bonds is 5. The van der Waals surface area contributed by atoms with Crippen molar-refractivity contribution in [1.82, 2.24) is 0 Å². The van der Waals surface area contributed by atoms with E-state index in [1.54, 1.807) is 12.1 Å². The van der Waals surface area contributed by atoms with Crippen molar-refractivity contribution in [1.29, 1.82) is 5.26 Å². The minimum absolute atomic E-state index is 0.0482. The van der Waals surface area contributed by atoms with Crippen LogP contribution in [0.2, 0.25) is 0 Å². The fourth-order valence-electron chi connectivity index (χ4n) is 2.44. The Morgan fingerprint density at radius 3 is 2.62 bits per heavy atom. The summed E-state index contributed by atoms with van der Waals surface area (Å²) in [7, 11) is 0. The van der Waals surface area contributed by atoms with E-state index in [-0.39, 0.29) is 18.9 Å². The van der Waals surface area contributed by atoms with Crippen LogP contribution in [0, 0.1) is 17.2 Å². The Bertz CT molecular complexity index is 577. The van der Waals surface area contributed by atoms with E-state index in [2.05, 4.69) is 6.07 Å². The molecule has 0 aliphatic carbocycles. The molecule has 1 aliphatic rings. The number of hydrogen-bond donors (Lipinski definition) is 1. The van der Waals surface area contributed by atoms with Gasteiger partial charge >= 0.3 is 5.97 Å². The van der Waals surface area contributed by atoms with Crippen molar-refractivity contribution in [3.8, 4) is 6.07 Å². The zero-order valence-corrected chi connectivity index (χ0v) is 11.8. The molecular weight excluding hydrogens is 270 g/mol. The molecule has 0 unspecified atom stereocenters. The number of carboxylic acids is 1. The number of amides is 1. The van der Waals surface area contributed by atoms with E-state index in [0.717, 1.165) is 12.2 Å². The fraction of sp³-hybridized carbons (Fsp3) is 0.400. The number of benzene rings is 1. The molecule has 110 valence electrons. The molecule has 0 radical (unpaired) electrons. The summed E-state index contributed by atoms with van der Waals surface area (Å²) < 4.78 is 0. The lowest BCUT2D eigenvalue weighted by molar-refractivity contribution is -0.141. The highest BCUT2D eigenvalue weighted by Gasteiger charge is 2.34. The Hall–Kier alpha value is -2.55. The Labute approximate surface area is 123 Å². The summed E-state index contributed by atoms with van der Waals surface area (Å²) in [6.45, 7) is 3.20. The van der Waals surface area contributed by atoms with E-state index >= 15 is 0 Å². The second-order valence-electron chi connectivity index (χ2n) is 4.93. The van der Waals surface area contributed by atoms with Crippen LogP contribution >= 0.6 is 0 Å². The molecule has 1 aromatic carbocycles. The van der Waals surface area contributed by atoms with Crippen LogP contribution in [-0.4, -0.2) is 36.6 Å². The first-order valence-corrected chi connectivity index (χ1v) is 6.82. The van der Waals surface area contributed by atoms with Crippen molar-refractivity contribution in [3.05, 3.63) is 24.3 Å². The number of nitriles is 1. The average molecular weight is 287 g/mol. The SMILES string of the molecule is CCN(CC#N)c1ccc(N2C[C@H](C(=O)O)CC2=O)cc1. The summed E-state index contributed by atoms with van der Waals surface area (Å²) in [6.07, 6.45) is 0.0482. The second-order valence-corrected chi connectivity index (χ2v) is 4.93. The minimum Gasteiger partial charge on any atom is -0.481 e. The number of aliphatic carboxylic acids is 1. The standard InChI is InChI=1S/C15H17N3O3/c1-2-17(8-7-16)12-3-5-13(6-4-12)18-10-11(15(20)21)9-14(18)19/h3-6,11H,2,8-10H2,1H3,(H,20,21)/t11-/m1/s1. The molecule has 1 aliphatic heterocycles. The summed E-state index contributed by atoms with van der Waals surface area (Å²) >= 11 is 0. The van der Waals surface area contributed by atoms with Gasteiger partial charge in [0.2, 0.25) is 5.91 Å². The van der Waals surface area contributed by atoms with E-state index in [1.807, 2.05) is 24.0 Å². The lowest BCUT2D eigenvalue weighted by Gasteiger charge is -2.21. The van der Waals surface area contributed by atoms with Crippen molar-refractivity contribution in [2.45, 2.75) is 13.3 Å². The monoisotopic (exact) mass is 287 g/mol. The number of carboxylic acid groups (broad SMARTS) is 1. The highest BCUT2D eigenvalue weighted by atomic mass is 16.4. The maximum atomic E-state index is 11.9. The molecule has 2 rings (SSSR count). The number of anilines is 2. The summed E-state index contributed by atoms with van der Waals surface area (Å²) in [6, 6.07) is 9.38. The van der Waals surface area contributed by atoms with Gasteiger partial charge in [0.1, 0.15) is 6.54 Å². The van der Waals surface area contributed by atoms with Gasteiger partial charge < -0.3 is 14.9 Å². The van der Waals surface area contributed by atoms with Gasteiger partial charge in [0.15, 0.2) is 0 Å². The highest BCUT2D eigenvalue weighted by Crippen LogP contribution is 2.27. The van der Waals surface area contributed by atoms with Crippen molar-refractivity contribution in [3.63, 3.8) is 0 Å². The molecule has 1 aromatic rings. The molecule has 0 spiro atoms. The largest absolute Gasteiger partial charge is 0.481 e. The van der Waals surface area contributed by atoms with Gasteiger partial charge in [0, 0.05) is 30.9 Å². The number of hydrogen-bond acceptors (Lipinski definition) is 4. The van der Waals surface area contributed by atoms with Gasteiger partial charge in [-0.3, -0.25) is 9.59 Å². The molecule has 1 N–H and O–H groups in total. The zero-order valence-electron chi connectivity index (χ0n) is 11.8. The van der Waals surface area contributed by atoms with Crippen LogP contribution < -0.4 is 9.80 Å². The number of carbonyl (C=O) groups is 2. The molecule has 1 atom stereocenters. The topological polar surface area (TPSA) is 84.6 Å². The Morgan fingerprint density at radius 1 is 1.48 bits per heavy atom.